The Kier molecular flexibility index (Phi) is 10.8. The number of imidazole rings is 1. The van der Waals surface area contributed by atoms with Crippen LogP contribution in [0.3, 0.4) is 0 Å². The molecule has 3 aromatic heterocycles. The first-order chi connectivity index (χ1) is 25.2. The lowest BCUT2D eigenvalue weighted by atomic mass is 9.91. The van der Waals surface area contributed by atoms with Crippen LogP contribution in [0.5, 0.6) is 0 Å². The number of nitrogens with zero attached hydrogens (tertiary/aromatic N) is 6. The number of carbonyl (C=O) groups is 2. The van der Waals surface area contributed by atoms with E-state index in [-0.39, 0.29) is 5.92 Å². The number of ether oxygens (including phenoxy) is 3. The van der Waals surface area contributed by atoms with Crippen molar-refractivity contribution in [3.8, 4) is 0 Å². The number of aromatic nitrogens is 5. The number of benzene rings is 2. The molecule has 0 aliphatic carbocycles. The maximum atomic E-state index is 11.8. The molecule has 2 aliphatic heterocycles. The number of piperidine rings is 1. The van der Waals surface area contributed by atoms with E-state index in [2.05, 4.69) is 45.0 Å². The van der Waals surface area contributed by atoms with Crippen LogP contribution < -0.4 is 10.6 Å². The molecule has 14 nitrogen and oxygen atoms in total. The summed E-state index contributed by atoms with van der Waals surface area (Å²) in [5.41, 5.74) is 3.95. The molecule has 0 bridgehead atoms. The molecule has 2 aromatic carbocycles. The fourth-order valence-corrected chi connectivity index (χ4v) is 6.95. The van der Waals surface area contributed by atoms with Crippen molar-refractivity contribution in [2.45, 2.75) is 63.1 Å². The standard InChI is InChI=1S/C37H42N8O6/c1-2-27-20-29(51-43-27)31-32(48-23-46)33(49-24-47)36(50-31)45-22-40-30-34(41-37(42-35(30)45)38-16-19-44-17-10-5-11-18-44)39-21-28(25-12-6-3-7-13-25)26-14-8-4-9-15-26/h3-4,6-9,12-15,20,22-24,28,31-33,36H,2,5,10-11,16-19,21H2,1H3,(H2,38,39,41,42)/t31-,32-,33-,36-/m1/s1. The lowest BCUT2D eigenvalue weighted by molar-refractivity contribution is -0.151. The Morgan fingerprint density at radius 2 is 1.63 bits per heavy atom. The van der Waals surface area contributed by atoms with Crippen molar-refractivity contribution in [1.82, 2.24) is 29.6 Å². The van der Waals surface area contributed by atoms with Gasteiger partial charge in [0.25, 0.3) is 12.9 Å². The van der Waals surface area contributed by atoms with Gasteiger partial charge >= 0.3 is 0 Å². The lowest BCUT2D eigenvalue weighted by Crippen LogP contribution is -2.34. The summed E-state index contributed by atoms with van der Waals surface area (Å²) >= 11 is 0. The van der Waals surface area contributed by atoms with E-state index in [0.29, 0.717) is 66.8 Å². The molecule has 5 aromatic rings. The van der Waals surface area contributed by atoms with Crippen LogP contribution in [0.15, 0.2) is 77.6 Å². The van der Waals surface area contributed by atoms with E-state index in [4.69, 9.17) is 33.7 Å². The van der Waals surface area contributed by atoms with Crippen LogP contribution in [0.1, 0.15) is 67.0 Å². The van der Waals surface area contributed by atoms with Gasteiger partial charge in [-0.25, -0.2) is 4.98 Å². The van der Waals surface area contributed by atoms with Gasteiger partial charge in [-0.2, -0.15) is 9.97 Å². The van der Waals surface area contributed by atoms with Crippen molar-refractivity contribution in [3.05, 3.63) is 95.6 Å². The maximum absolute atomic E-state index is 11.8. The van der Waals surface area contributed by atoms with E-state index in [1.165, 1.54) is 19.3 Å². The molecule has 0 unspecified atom stereocenters. The quantitative estimate of drug-likeness (QED) is 0.135. The number of hydrogen-bond acceptors (Lipinski definition) is 13. The molecule has 0 saturated carbocycles. The summed E-state index contributed by atoms with van der Waals surface area (Å²) in [6.45, 7) is 6.75. The molecule has 0 radical (unpaired) electrons. The summed E-state index contributed by atoms with van der Waals surface area (Å²) in [5.74, 6) is 1.30. The second kappa shape index (κ2) is 16.1. The van der Waals surface area contributed by atoms with Crippen molar-refractivity contribution in [1.29, 1.82) is 0 Å². The number of fused-ring (bicyclic) bond motifs is 1. The average molecular weight is 695 g/mol. The average Bonchev–Trinajstić information content (AvgIpc) is 3.91. The third kappa shape index (κ3) is 7.56. The first kappa shape index (κ1) is 34.1. The monoisotopic (exact) mass is 694 g/mol. The normalized spacial score (nSPS) is 20.7. The van der Waals surface area contributed by atoms with Gasteiger partial charge in [-0.15, -0.1) is 0 Å². The first-order valence-electron chi connectivity index (χ1n) is 17.5. The van der Waals surface area contributed by atoms with E-state index >= 15 is 0 Å². The van der Waals surface area contributed by atoms with Crippen LogP contribution in [-0.2, 0) is 30.2 Å². The predicted molar refractivity (Wildman–Crippen MR) is 188 cm³/mol. The van der Waals surface area contributed by atoms with Gasteiger partial charge in [0.05, 0.1) is 12.0 Å². The van der Waals surface area contributed by atoms with Gasteiger partial charge in [0.1, 0.15) is 0 Å². The topological polar surface area (TPSA) is 159 Å². The van der Waals surface area contributed by atoms with Crippen molar-refractivity contribution >= 4 is 35.9 Å². The summed E-state index contributed by atoms with van der Waals surface area (Å²) in [6.07, 6.45) is 1.92. The zero-order valence-corrected chi connectivity index (χ0v) is 28.5. The van der Waals surface area contributed by atoms with Gasteiger partial charge in [0, 0.05) is 31.6 Å². The molecule has 266 valence electrons. The molecule has 2 aliphatic rings. The SMILES string of the molecule is CCc1cc([C@H]2O[C@@H](n3cnc4c(NCC(c5ccccc5)c5ccccc5)nc(NCCN5CCCCC5)nc43)[C@H](OC=O)[C@@H]2OC=O)on1. The molecule has 0 amide bonds. The van der Waals surface area contributed by atoms with Crippen molar-refractivity contribution in [2.24, 2.45) is 0 Å². The fraction of sp³-hybridized carbons (Fsp3) is 0.405. The summed E-state index contributed by atoms with van der Waals surface area (Å²) < 4.78 is 24.7. The van der Waals surface area contributed by atoms with Crippen LogP contribution in [0.4, 0.5) is 11.8 Å². The first-order valence-corrected chi connectivity index (χ1v) is 17.5. The van der Waals surface area contributed by atoms with E-state index in [1.54, 1.807) is 17.0 Å². The zero-order valence-electron chi connectivity index (χ0n) is 28.5. The number of carbonyl (C=O) groups excluding carboxylic acids is 2. The van der Waals surface area contributed by atoms with Crippen LogP contribution >= 0.6 is 0 Å². The molecule has 2 fully saturated rings. The summed E-state index contributed by atoms with van der Waals surface area (Å²) in [6, 6.07) is 22.4. The zero-order chi connectivity index (χ0) is 35.0. The van der Waals surface area contributed by atoms with Crippen LogP contribution in [-0.4, -0.2) is 87.5 Å². The summed E-state index contributed by atoms with van der Waals surface area (Å²) in [7, 11) is 0. The van der Waals surface area contributed by atoms with Crippen molar-refractivity contribution in [2.75, 3.05) is 43.4 Å². The molecule has 4 atom stereocenters. The van der Waals surface area contributed by atoms with Gasteiger partial charge in [-0.1, -0.05) is 79.2 Å². The Labute approximate surface area is 295 Å². The van der Waals surface area contributed by atoms with Gasteiger partial charge in [-0.3, -0.25) is 14.2 Å². The third-order valence-electron chi connectivity index (χ3n) is 9.57. The minimum atomic E-state index is -1.05. The number of aryl methyl sites for hydroxylation is 1. The second-order valence-electron chi connectivity index (χ2n) is 12.7. The fourth-order valence-electron chi connectivity index (χ4n) is 6.95. The van der Waals surface area contributed by atoms with E-state index in [1.807, 2.05) is 43.3 Å². The largest absolute Gasteiger partial charge is 0.457 e. The van der Waals surface area contributed by atoms with E-state index < -0.39 is 24.5 Å². The number of hydrogen-bond donors (Lipinski definition) is 2. The third-order valence-corrected chi connectivity index (χ3v) is 9.57. The van der Waals surface area contributed by atoms with Crippen molar-refractivity contribution in [3.63, 3.8) is 0 Å². The van der Waals surface area contributed by atoms with Crippen LogP contribution in [0, 0.1) is 0 Å². The molecule has 14 heteroatoms. The Hall–Kier alpha value is -5.34. The Morgan fingerprint density at radius 1 is 0.922 bits per heavy atom. The molecule has 51 heavy (non-hydrogen) atoms. The Bertz CT molecular complexity index is 1840. The highest BCUT2D eigenvalue weighted by molar-refractivity contribution is 5.84. The second-order valence-corrected chi connectivity index (χ2v) is 12.7. The number of anilines is 2. The maximum Gasteiger partial charge on any atom is 0.293 e. The van der Waals surface area contributed by atoms with Crippen LogP contribution in [0.2, 0.25) is 0 Å². The number of likely N-dealkylation sites (tertiary alicyclic amines) is 1. The molecule has 0 spiro atoms. The van der Waals surface area contributed by atoms with Gasteiger partial charge in [0.2, 0.25) is 5.95 Å². The molecule has 2 N–H and O–H groups in total. The number of rotatable bonds is 16. The summed E-state index contributed by atoms with van der Waals surface area (Å²) in [4.78, 5) is 40.4. The minimum absolute atomic E-state index is 0.0236. The Morgan fingerprint density at radius 3 is 2.29 bits per heavy atom. The van der Waals surface area contributed by atoms with Gasteiger partial charge < -0.3 is 34.3 Å². The van der Waals surface area contributed by atoms with E-state index in [9.17, 15) is 9.59 Å². The summed E-state index contributed by atoms with van der Waals surface area (Å²) in [5, 5.41) is 11.1. The highest BCUT2D eigenvalue weighted by Crippen LogP contribution is 2.43. The smallest absolute Gasteiger partial charge is 0.293 e. The lowest BCUT2D eigenvalue weighted by Gasteiger charge is -2.26. The number of nitrogens with one attached hydrogen (secondary N) is 2. The highest BCUT2D eigenvalue weighted by Gasteiger charge is 2.51. The van der Waals surface area contributed by atoms with Crippen molar-refractivity contribution < 1.29 is 28.3 Å². The van der Waals surface area contributed by atoms with Gasteiger partial charge in [0.15, 0.2) is 47.3 Å². The molecular formula is C37H42N8O6. The van der Waals surface area contributed by atoms with Gasteiger partial charge in [-0.05, 0) is 43.5 Å². The predicted octanol–water partition coefficient (Wildman–Crippen LogP) is 4.87. The van der Waals surface area contributed by atoms with Crippen LogP contribution in [0.25, 0.3) is 11.2 Å². The minimum Gasteiger partial charge on any atom is -0.457 e. The van der Waals surface area contributed by atoms with E-state index in [0.717, 1.165) is 30.8 Å². The molecule has 5 heterocycles. The Balaban J connectivity index is 1.24. The molecule has 2 saturated heterocycles. The molecule has 7 rings (SSSR count). The molecular weight excluding hydrogens is 652 g/mol. The highest BCUT2D eigenvalue weighted by atomic mass is 16.6.